The van der Waals surface area contributed by atoms with Gasteiger partial charge in [0.1, 0.15) is 0 Å². The highest BCUT2D eigenvalue weighted by atomic mass is 16.2. The van der Waals surface area contributed by atoms with E-state index in [0.717, 1.165) is 37.1 Å². The number of amides is 1. The number of likely N-dealkylation sites (tertiary alicyclic amines) is 1. The molecule has 5 nitrogen and oxygen atoms in total. The minimum atomic E-state index is 0.256. The zero-order valence-electron chi connectivity index (χ0n) is 12.6. The molecule has 1 heterocycles. The van der Waals surface area contributed by atoms with Crippen molar-refractivity contribution in [3.05, 3.63) is 35.4 Å². The standard InChI is InChI=1S/C16H24N4O/c1-2-8-18-16(17)19-11-13-5-3-6-14(10-13)12-20-9-4-7-15(20)21/h3,5-6,10H,2,4,7-9,11-12H2,1H3,(H3,17,18,19). The predicted octanol–water partition coefficient (Wildman–Crippen LogP) is 1.62. The van der Waals surface area contributed by atoms with Crippen LogP contribution in [0.1, 0.15) is 37.3 Å². The lowest BCUT2D eigenvalue weighted by atomic mass is 10.1. The molecule has 1 aromatic rings. The van der Waals surface area contributed by atoms with Gasteiger partial charge in [-0.05, 0) is 24.0 Å². The largest absolute Gasteiger partial charge is 0.370 e. The second-order valence-electron chi connectivity index (χ2n) is 5.37. The fourth-order valence-corrected chi connectivity index (χ4v) is 2.40. The van der Waals surface area contributed by atoms with Gasteiger partial charge in [-0.2, -0.15) is 0 Å². The molecule has 3 N–H and O–H groups in total. The smallest absolute Gasteiger partial charge is 0.222 e. The summed E-state index contributed by atoms with van der Waals surface area (Å²) in [6.45, 7) is 5.05. The van der Waals surface area contributed by atoms with Crippen LogP contribution in [0.5, 0.6) is 0 Å². The zero-order valence-corrected chi connectivity index (χ0v) is 12.6. The highest BCUT2D eigenvalue weighted by Gasteiger charge is 2.19. The van der Waals surface area contributed by atoms with Crippen molar-refractivity contribution in [1.82, 2.24) is 10.2 Å². The van der Waals surface area contributed by atoms with Crippen molar-refractivity contribution in [2.45, 2.75) is 39.3 Å². The molecule has 0 aromatic heterocycles. The first kappa shape index (κ1) is 15.4. The van der Waals surface area contributed by atoms with Crippen molar-refractivity contribution in [3.63, 3.8) is 0 Å². The first-order valence-electron chi connectivity index (χ1n) is 7.58. The van der Waals surface area contributed by atoms with Gasteiger partial charge in [-0.1, -0.05) is 31.2 Å². The van der Waals surface area contributed by atoms with Crippen molar-refractivity contribution >= 4 is 11.9 Å². The molecule has 0 spiro atoms. The fourth-order valence-electron chi connectivity index (χ4n) is 2.40. The van der Waals surface area contributed by atoms with Gasteiger partial charge in [-0.3, -0.25) is 4.79 Å². The number of benzene rings is 1. The maximum Gasteiger partial charge on any atom is 0.222 e. The molecule has 0 bridgehead atoms. The van der Waals surface area contributed by atoms with Crippen LogP contribution < -0.4 is 11.1 Å². The van der Waals surface area contributed by atoms with Crippen LogP contribution in [0.25, 0.3) is 0 Å². The summed E-state index contributed by atoms with van der Waals surface area (Å²) >= 11 is 0. The number of rotatable bonds is 6. The molecule has 1 aromatic carbocycles. The third-order valence-corrected chi connectivity index (χ3v) is 3.52. The van der Waals surface area contributed by atoms with Crippen LogP contribution in [0.2, 0.25) is 0 Å². The summed E-state index contributed by atoms with van der Waals surface area (Å²) in [5.74, 6) is 0.739. The number of nitrogens with zero attached hydrogens (tertiary/aromatic N) is 2. The first-order chi connectivity index (χ1) is 10.2. The summed E-state index contributed by atoms with van der Waals surface area (Å²) in [6.07, 6.45) is 2.68. The third-order valence-electron chi connectivity index (χ3n) is 3.52. The normalized spacial score (nSPS) is 15.6. The van der Waals surface area contributed by atoms with E-state index in [9.17, 15) is 4.79 Å². The summed E-state index contributed by atoms with van der Waals surface area (Å²) in [4.78, 5) is 17.9. The highest BCUT2D eigenvalue weighted by Crippen LogP contribution is 2.15. The molecule has 0 radical (unpaired) electrons. The monoisotopic (exact) mass is 288 g/mol. The first-order valence-corrected chi connectivity index (χ1v) is 7.58. The average molecular weight is 288 g/mol. The zero-order chi connectivity index (χ0) is 15.1. The van der Waals surface area contributed by atoms with E-state index >= 15 is 0 Å². The topological polar surface area (TPSA) is 70.7 Å². The fraction of sp³-hybridized carbons (Fsp3) is 0.500. The molecule has 1 fully saturated rings. The molecule has 0 atom stereocenters. The number of nitrogens with two attached hydrogens (primary N) is 1. The Morgan fingerprint density at radius 3 is 2.95 bits per heavy atom. The summed E-state index contributed by atoms with van der Waals surface area (Å²) in [5.41, 5.74) is 8.04. The van der Waals surface area contributed by atoms with Gasteiger partial charge in [0.05, 0.1) is 6.54 Å². The molecule has 5 heteroatoms. The number of hydrogen-bond donors (Lipinski definition) is 2. The van der Waals surface area contributed by atoms with Crippen molar-refractivity contribution < 1.29 is 4.79 Å². The van der Waals surface area contributed by atoms with Gasteiger partial charge in [0.15, 0.2) is 5.96 Å². The number of guanidine groups is 1. The maximum atomic E-state index is 11.7. The maximum absolute atomic E-state index is 11.7. The molecule has 1 aliphatic rings. The minimum Gasteiger partial charge on any atom is -0.370 e. The van der Waals surface area contributed by atoms with Crippen molar-refractivity contribution in [1.29, 1.82) is 0 Å². The molecule has 2 rings (SSSR count). The molecular formula is C16H24N4O. The molecule has 1 saturated heterocycles. The van der Waals surface area contributed by atoms with E-state index in [0.29, 0.717) is 25.5 Å². The molecule has 114 valence electrons. The quantitative estimate of drug-likeness (QED) is 0.617. The van der Waals surface area contributed by atoms with E-state index in [2.05, 4.69) is 29.4 Å². The Labute approximate surface area is 126 Å². The molecule has 0 unspecified atom stereocenters. The van der Waals surface area contributed by atoms with Crippen molar-refractivity contribution in [3.8, 4) is 0 Å². The van der Waals surface area contributed by atoms with Gasteiger partial charge < -0.3 is 16.0 Å². The highest BCUT2D eigenvalue weighted by molar-refractivity contribution is 5.78. The Balaban J connectivity index is 1.92. The van der Waals surface area contributed by atoms with Crippen LogP contribution in [0.4, 0.5) is 0 Å². The van der Waals surface area contributed by atoms with Crippen LogP contribution in [0, 0.1) is 0 Å². The van der Waals surface area contributed by atoms with E-state index in [1.54, 1.807) is 0 Å². The van der Waals surface area contributed by atoms with Gasteiger partial charge >= 0.3 is 0 Å². The van der Waals surface area contributed by atoms with E-state index in [1.165, 1.54) is 0 Å². The Kier molecular flexibility index (Phi) is 5.60. The summed E-state index contributed by atoms with van der Waals surface area (Å²) in [5, 5.41) is 3.06. The second kappa shape index (κ2) is 7.67. The second-order valence-corrected chi connectivity index (χ2v) is 5.37. The van der Waals surface area contributed by atoms with E-state index in [4.69, 9.17) is 5.73 Å². The third kappa shape index (κ3) is 4.77. The van der Waals surface area contributed by atoms with Crippen LogP contribution in [0.3, 0.4) is 0 Å². The molecule has 0 saturated carbocycles. The Morgan fingerprint density at radius 1 is 1.43 bits per heavy atom. The number of hydrogen-bond acceptors (Lipinski definition) is 2. The number of carbonyl (C=O) groups excluding carboxylic acids is 1. The van der Waals surface area contributed by atoms with Gasteiger partial charge in [0.25, 0.3) is 0 Å². The van der Waals surface area contributed by atoms with Gasteiger partial charge in [-0.25, -0.2) is 4.99 Å². The van der Waals surface area contributed by atoms with Crippen LogP contribution in [-0.2, 0) is 17.9 Å². The number of nitrogens with one attached hydrogen (secondary N) is 1. The van der Waals surface area contributed by atoms with Crippen LogP contribution in [-0.4, -0.2) is 29.9 Å². The molecule has 1 aliphatic heterocycles. The molecule has 21 heavy (non-hydrogen) atoms. The lowest BCUT2D eigenvalue weighted by Gasteiger charge is -2.15. The minimum absolute atomic E-state index is 0.256. The number of aliphatic imine (C=N–C) groups is 1. The van der Waals surface area contributed by atoms with E-state index in [-0.39, 0.29) is 5.91 Å². The summed E-state index contributed by atoms with van der Waals surface area (Å²) in [7, 11) is 0. The lowest BCUT2D eigenvalue weighted by molar-refractivity contribution is -0.128. The van der Waals surface area contributed by atoms with E-state index < -0.39 is 0 Å². The van der Waals surface area contributed by atoms with Crippen molar-refractivity contribution in [2.75, 3.05) is 13.1 Å². The van der Waals surface area contributed by atoms with Crippen LogP contribution >= 0.6 is 0 Å². The van der Waals surface area contributed by atoms with Gasteiger partial charge in [0.2, 0.25) is 5.91 Å². The molecule has 1 amide bonds. The van der Waals surface area contributed by atoms with Gasteiger partial charge in [0, 0.05) is 26.1 Å². The lowest BCUT2D eigenvalue weighted by Crippen LogP contribution is -2.32. The average Bonchev–Trinajstić information content (AvgIpc) is 2.88. The SMILES string of the molecule is CCCNC(N)=NCc1cccc(CN2CCCC2=O)c1. The van der Waals surface area contributed by atoms with Crippen molar-refractivity contribution in [2.24, 2.45) is 10.7 Å². The Hall–Kier alpha value is -2.04. The van der Waals surface area contributed by atoms with E-state index in [1.807, 2.05) is 17.0 Å². The number of carbonyl (C=O) groups is 1. The van der Waals surface area contributed by atoms with Gasteiger partial charge in [-0.15, -0.1) is 0 Å². The predicted molar refractivity (Wildman–Crippen MR) is 84.7 cm³/mol. The van der Waals surface area contributed by atoms with Crippen LogP contribution in [0.15, 0.2) is 29.3 Å². The Morgan fingerprint density at radius 2 is 2.24 bits per heavy atom. The molecule has 0 aliphatic carbocycles. The Bertz CT molecular complexity index is 513. The molecular weight excluding hydrogens is 264 g/mol. The summed E-state index contributed by atoms with van der Waals surface area (Å²) < 4.78 is 0. The summed E-state index contributed by atoms with van der Waals surface area (Å²) in [6, 6.07) is 8.20.